The van der Waals surface area contributed by atoms with E-state index in [0.29, 0.717) is 6.04 Å². The second-order valence-electron chi connectivity index (χ2n) is 6.17. The molecule has 2 atom stereocenters. The van der Waals surface area contributed by atoms with E-state index in [2.05, 4.69) is 49.2 Å². The third-order valence-corrected chi connectivity index (χ3v) is 5.00. The van der Waals surface area contributed by atoms with Crippen molar-refractivity contribution in [1.29, 1.82) is 0 Å². The molecule has 1 heterocycles. The fraction of sp³-hybridized carbons (Fsp3) is 0.667. The SMILES string of the molecule is CCNC(c1cccc(OC)c1)C(C)(CC)N1CCCC1. The third kappa shape index (κ3) is 3.41. The van der Waals surface area contributed by atoms with E-state index < -0.39 is 0 Å². The zero-order chi connectivity index (χ0) is 15.3. The zero-order valence-electron chi connectivity index (χ0n) is 14.0. The molecule has 1 aromatic rings. The zero-order valence-corrected chi connectivity index (χ0v) is 14.0. The first-order valence-corrected chi connectivity index (χ1v) is 8.28. The Labute approximate surface area is 129 Å². The molecule has 1 N–H and O–H groups in total. The average molecular weight is 290 g/mol. The molecule has 2 unspecified atom stereocenters. The maximum absolute atomic E-state index is 5.41. The summed E-state index contributed by atoms with van der Waals surface area (Å²) in [6, 6.07) is 8.85. The van der Waals surface area contributed by atoms with Crippen molar-refractivity contribution in [3.05, 3.63) is 29.8 Å². The molecule has 0 bridgehead atoms. The monoisotopic (exact) mass is 290 g/mol. The van der Waals surface area contributed by atoms with Gasteiger partial charge in [0.05, 0.1) is 13.2 Å². The Morgan fingerprint density at radius 2 is 2.00 bits per heavy atom. The molecule has 0 spiro atoms. The number of ether oxygens (including phenoxy) is 1. The molecule has 0 aliphatic carbocycles. The van der Waals surface area contributed by atoms with Crippen LogP contribution in [0.3, 0.4) is 0 Å². The number of likely N-dealkylation sites (tertiary alicyclic amines) is 1. The smallest absolute Gasteiger partial charge is 0.119 e. The van der Waals surface area contributed by atoms with Crippen LogP contribution in [0.15, 0.2) is 24.3 Å². The lowest BCUT2D eigenvalue weighted by atomic mass is 9.83. The highest BCUT2D eigenvalue weighted by molar-refractivity contribution is 5.32. The van der Waals surface area contributed by atoms with E-state index in [1.807, 2.05) is 6.07 Å². The van der Waals surface area contributed by atoms with Crippen molar-refractivity contribution in [3.8, 4) is 5.75 Å². The molecule has 2 rings (SSSR count). The second-order valence-corrected chi connectivity index (χ2v) is 6.17. The van der Waals surface area contributed by atoms with Gasteiger partial charge in [-0.3, -0.25) is 4.90 Å². The number of methoxy groups -OCH3 is 1. The predicted octanol–water partition coefficient (Wildman–Crippen LogP) is 3.61. The molecule has 0 radical (unpaired) electrons. The number of likely N-dealkylation sites (N-methyl/N-ethyl adjacent to an activating group) is 1. The molecular weight excluding hydrogens is 260 g/mol. The summed E-state index contributed by atoms with van der Waals surface area (Å²) in [6.07, 6.45) is 3.79. The average Bonchev–Trinajstić information content (AvgIpc) is 3.07. The van der Waals surface area contributed by atoms with Gasteiger partial charge in [0, 0.05) is 5.54 Å². The van der Waals surface area contributed by atoms with Crippen LogP contribution in [-0.2, 0) is 0 Å². The Morgan fingerprint density at radius 3 is 2.57 bits per heavy atom. The summed E-state index contributed by atoms with van der Waals surface area (Å²) in [6.45, 7) is 10.3. The van der Waals surface area contributed by atoms with Gasteiger partial charge >= 0.3 is 0 Å². The lowest BCUT2D eigenvalue weighted by Gasteiger charge is -2.45. The summed E-state index contributed by atoms with van der Waals surface area (Å²) in [5, 5.41) is 3.72. The van der Waals surface area contributed by atoms with E-state index in [1.54, 1.807) is 7.11 Å². The van der Waals surface area contributed by atoms with Gasteiger partial charge in [-0.05, 0) is 63.5 Å². The van der Waals surface area contributed by atoms with Gasteiger partial charge < -0.3 is 10.1 Å². The summed E-state index contributed by atoms with van der Waals surface area (Å²) < 4.78 is 5.41. The number of nitrogens with one attached hydrogen (secondary N) is 1. The fourth-order valence-corrected chi connectivity index (χ4v) is 3.56. The molecule has 1 aliphatic rings. The Kier molecular flexibility index (Phi) is 5.65. The molecule has 1 aliphatic heterocycles. The topological polar surface area (TPSA) is 24.5 Å². The van der Waals surface area contributed by atoms with Crippen LogP contribution in [0, 0.1) is 0 Å². The van der Waals surface area contributed by atoms with Gasteiger partial charge in [0.1, 0.15) is 5.75 Å². The Morgan fingerprint density at radius 1 is 1.29 bits per heavy atom. The molecule has 118 valence electrons. The first-order valence-electron chi connectivity index (χ1n) is 8.28. The highest BCUT2D eigenvalue weighted by Gasteiger charge is 2.39. The van der Waals surface area contributed by atoms with Gasteiger partial charge in [0.2, 0.25) is 0 Å². The molecule has 1 aromatic carbocycles. The number of rotatable bonds is 7. The van der Waals surface area contributed by atoms with Crippen molar-refractivity contribution in [3.63, 3.8) is 0 Å². The highest BCUT2D eigenvalue weighted by atomic mass is 16.5. The minimum Gasteiger partial charge on any atom is -0.497 e. The first kappa shape index (κ1) is 16.3. The lowest BCUT2D eigenvalue weighted by molar-refractivity contribution is 0.0845. The Balaban J connectivity index is 2.34. The lowest BCUT2D eigenvalue weighted by Crippen LogP contribution is -2.53. The van der Waals surface area contributed by atoms with E-state index >= 15 is 0 Å². The van der Waals surface area contributed by atoms with Crippen LogP contribution in [0.2, 0.25) is 0 Å². The quantitative estimate of drug-likeness (QED) is 0.830. The fourth-order valence-electron chi connectivity index (χ4n) is 3.56. The van der Waals surface area contributed by atoms with E-state index in [9.17, 15) is 0 Å². The number of benzene rings is 1. The number of hydrogen-bond acceptors (Lipinski definition) is 3. The molecule has 0 amide bonds. The predicted molar refractivity (Wildman–Crippen MR) is 88.9 cm³/mol. The normalized spacial score (nSPS) is 20.2. The Hall–Kier alpha value is -1.06. The minimum absolute atomic E-state index is 0.152. The van der Waals surface area contributed by atoms with Crippen molar-refractivity contribution < 1.29 is 4.74 Å². The van der Waals surface area contributed by atoms with Gasteiger partial charge in [-0.1, -0.05) is 26.0 Å². The van der Waals surface area contributed by atoms with Crippen molar-refractivity contribution in [2.45, 2.75) is 51.6 Å². The van der Waals surface area contributed by atoms with Crippen LogP contribution < -0.4 is 10.1 Å². The van der Waals surface area contributed by atoms with Gasteiger partial charge in [-0.25, -0.2) is 0 Å². The van der Waals surface area contributed by atoms with E-state index in [4.69, 9.17) is 4.74 Å². The molecule has 0 saturated carbocycles. The van der Waals surface area contributed by atoms with Gasteiger partial charge in [0.25, 0.3) is 0 Å². The van der Waals surface area contributed by atoms with Crippen LogP contribution in [0.4, 0.5) is 0 Å². The number of hydrogen-bond donors (Lipinski definition) is 1. The molecule has 1 saturated heterocycles. The van der Waals surface area contributed by atoms with E-state index in [1.165, 1.54) is 31.5 Å². The summed E-state index contributed by atoms with van der Waals surface area (Å²) in [4.78, 5) is 2.67. The van der Waals surface area contributed by atoms with Gasteiger partial charge in [-0.2, -0.15) is 0 Å². The van der Waals surface area contributed by atoms with Crippen LogP contribution in [0.1, 0.15) is 51.6 Å². The molecular formula is C18H30N2O. The maximum atomic E-state index is 5.41. The summed E-state index contributed by atoms with van der Waals surface area (Å²) >= 11 is 0. The summed E-state index contributed by atoms with van der Waals surface area (Å²) in [7, 11) is 1.74. The van der Waals surface area contributed by atoms with Crippen LogP contribution in [0.25, 0.3) is 0 Å². The highest BCUT2D eigenvalue weighted by Crippen LogP contribution is 2.37. The largest absolute Gasteiger partial charge is 0.497 e. The third-order valence-electron chi connectivity index (χ3n) is 5.00. The van der Waals surface area contributed by atoms with Crippen LogP contribution >= 0.6 is 0 Å². The van der Waals surface area contributed by atoms with Crippen molar-refractivity contribution >= 4 is 0 Å². The number of nitrogens with zero attached hydrogens (tertiary/aromatic N) is 1. The Bertz CT molecular complexity index is 443. The second kappa shape index (κ2) is 7.28. The summed E-state index contributed by atoms with van der Waals surface area (Å²) in [5.74, 6) is 0.940. The van der Waals surface area contributed by atoms with E-state index in [-0.39, 0.29) is 5.54 Å². The molecule has 3 heteroatoms. The van der Waals surface area contributed by atoms with Crippen molar-refractivity contribution in [2.24, 2.45) is 0 Å². The van der Waals surface area contributed by atoms with Crippen LogP contribution in [0.5, 0.6) is 5.75 Å². The van der Waals surface area contributed by atoms with Crippen LogP contribution in [-0.4, -0.2) is 37.2 Å². The first-order chi connectivity index (χ1) is 10.2. The molecule has 3 nitrogen and oxygen atoms in total. The van der Waals surface area contributed by atoms with Gasteiger partial charge in [-0.15, -0.1) is 0 Å². The standard InChI is InChI=1S/C18H30N2O/c1-5-18(3,20-12-7-8-13-20)17(19-6-2)15-10-9-11-16(14-15)21-4/h9-11,14,17,19H,5-8,12-13H2,1-4H3. The molecule has 21 heavy (non-hydrogen) atoms. The van der Waals surface area contributed by atoms with Crippen molar-refractivity contribution in [1.82, 2.24) is 10.2 Å². The maximum Gasteiger partial charge on any atom is 0.119 e. The minimum atomic E-state index is 0.152. The van der Waals surface area contributed by atoms with Gasteiger partial charge in [0.15, 0.2) is 0 Å². The van der Waals surface area contributed by atoms with Crippen molar-refractivity contribution in [2.75, 3.05) is 26.7 Å². The molecule has 1 fully saturated rings. The van der Waals surface area contributed by atoms with E-state index in [0.717, 1.165) is 18.7 Å². The summed E-state index contributed by atoms with van der Waals surface area (Å²) in [5.41, 5.74) is 1.48. The molecule has 0 aromatic heterocycles.